The lowest BCUT2D eigenvalue weighted by Crippen LogP contribution is -2.58. The van der Waals surface area contributed by atoms with Crippen LogP contribution < -0.4 is 10.6 Å². The van der Waals surface area contributed by atoms with Gasteiger partial charge < -0.3 is 15.4 Å². The molecule has 2 rings (SSSR count). The maximum Gasteiger partial charge on any atom is 0.404 e. The molecule has 2 saturated heterocycles. The lowest BCUT2D eigenvalue weighted by molar-refractivity contribution is -0.217. The van der Waals surface area contributed by atoms with Crippen LogP contribution in [0.1, 0.15) is 6.42 Å². The molecule has 2 heterocycles. The maximum atomic E-state index is 12.9. The molecule has 0 aliphatic carbocycles. The molecule has 1 unspecified atom stereocenters. The third kappa shape index (κ3) is 1.78. The molecule has 0 aromatic rings. The summed E-state index contributed by atoms with van der Waals surface area (Å²) in [6, 6.07) is -0.271. The van der Waals surface area contributed by atoms with Gasteiger partial charge in [-0.3, -0.25) is 4.79 Å². The number of alkyl halides is 3. The number of nitrogens with one attached hydrogen (secondary N) is 2. The van der Waals surface area contributed by atoms with E-state index in [1.165, 1.54) is 0 Å². The number of carbonyl (C=O) groups excluding carboxylic acids is 1. The Morgan fingerprint density at radius 3 is 2.50 bits per heavy atom. The summed E-state index contributed by atoms with van der Waals surface area (Å²) in [6.07, 6.45) is -4.71. The normalized spacial score (nSPS) is 31.2. The summed E-state index contributed by atoms with van der Waals surface area (Å²) in [5.74, 6) is -0.932. The first-order valence-electron chi connectivity index (χ1n) is 5.12. The van der Waals surface area contributed by atoms with Crippen LogP contribution in [0.25, 0.3) is 0 Å². The minimum absolute atomic E-state index is 0.199. The summed E-state index contributed by atoms with van der Waals surface area (Å²) < 4.78 is 43.5. The van der Waals surface area contributed by atoms with Crippen LogP contribution in [-0.4, -0.2) is 44.4 Å². The number of halogens is 3. The van der Waals surface area contributed by atoms with E-state index in [9.17, 15) is 18.0 Å². The quantitative estimate of drug-likeness (QED) is 0.714. The van der Waals surface area contributed by atoms with Crippen molar-refractivity contribution in [1.82, 2.24) is 10.6 Å². The van der Waals surface area contributed by atoms with Gasteiger partial charge in [0.2, 0.25) is 5.91 Å². The van der Waals surface area contributed by atoms with Crippen molar-refractivity contribution < 1.29 is 22.7 Å². The Bertz CT molecular complexity index is 283. The monoisotopic (exact) mass is 238 g/mol. The van der Waals surface area contributed by atoms with Crippen LogP contribution in [0.2, 0.25) is 0 Å². The molecule has 92 valence electrons. The van der Waals surface area contributed by atoms with Crippen LogP contribution >= 0.6 is 0 Å². The lowest BCUT2D eigenvalue weighted by atomic mass is 9.85. The molecular weight excluding hydrogens is 225 g/mol. The SMILES string of the molecule is O=C(NC1COC1)C1(C(F)(F)F)CCNC1. The van der Waals surface area contributed by atoms with Gasteiger partial charge in [0.1, 0.15) is 0 Å². The van der Waals surface area contributed by atoms with E-state index in [1.54, 1.807) is 0 Å². The first-order chi connectivity index (χ1) is 7.46. The second-order valence-corrected chi connectivity index (χ2v) is 4.21. The number of carbonyl (C=O) groups is 1. The molecule has 16 heavy (non-hydrogen) atoms. The number of amides is 1. The molecule has 1 atom stereocenters. The Labute approximate surface area is 90.5 Å². The number of rotatable bonds is 2. The van der Waals surface area contributed by atoms with Crippen molar-refractivity contribution in [2.75, 3.05) is 26.3 Å². The predicted octanol–water partition coefficient (Wildman–Crippen LogP) is 0.0434. The van der Waals surface area contributed by atoms with Crippen LogP contribution in [0.15, 0.2) is 0 Å². The van der Waals surface area contributed by atoms with Crippen LogP contribution in [0.4, 0.5) is 13.2 Å². The maximum absolute atomic E-state index is 12.9. The zero-order valence-electron chi connectivity index (χ0n) is 8.56. The van der Waals surface area contributed by atoms with Gasteiger partial charge in [-0.05, 0) is 13.0 Å². The lowest BCUT2D eigenvalue weighted by Gasteiger charge is -2.34. The Hall–Kier alpha value is -0.820. The van der Waals surface area contributed by atoms with Crippen molar-refractivity contribution in [1.29, 1.82) is 0 Å². The molecule has 2 aliphatic rings. The molecular formula is C9H13F3N2O2. The minimum Gasteiger partial charge on any atom is -0.377 e. The van der Waals surface area contributed by atoms with Gasteiger partial charge in [-0.2, -0.15) is 13.2 Å². The van der Waals surface area contributed by atoms with E-state index >= 15 is 0 Å². The predicted molar refractivity (Wildman–Crippen MR) is 48.7 cm³/mol. The fourth-order valence-corrected chi connectivity index (χ4v) is 1.90. The molecule has 2 aliphatic heterocycles. The van der Waals surface area contributed by atoms with Crippen LogP contribution in [0.5, 0.6) is 0 Å². The highest BCUT2D eigenvalue weighted by atomic mass is 19.4. The highest BCUT2D eigenvalue weighted by molar-refractivity contribution is 5.84. The summed E-state index contributed by atoms with van der Waals surface area (Å²) in [7, 11) is 0. The Morgan fingerprint density at radius 1 is 1.44 bits per heavy atom. The van der Waals surface area contributed by atoms with Gasteiger partial charge in [0.25, 0.3) is 0 Å². The molecule has 0 spiro atoms. The summed E-state index contributed by atoms with van der Waals surface area (Å²) in [5, 5.41) is 4.98. The fraction of sp³-hybridized carbons (Fsp3) is 0.889. The summed E-state index contributed by atoms with van der Waals surface area (Å²) in [6.45, 7) is 0.476. The number of ether oxygens (including phenoxy) is 1. The first kappa shape index (κ1) is 11.7. The molecule has 0 radical (unpaired) electrons. The summed E-state index contributed by atoms with van der Waals surface area (Å²) >= 11 is 0. The van der Waals surface area contributed by atoms with Gasteiger partial charge >= 0.3 is 6.18 Å². The highest BCUT2D eigenvalue weighted by Gasteiger charge is 2.61. The van der Waals surface area contributed by atoms with Crippen molar-refractivity contribution in [2.24, 2.45) is 5.41 Å². The second-order valence-electron chi connectivity index (χ2n) is 4.21. The molecule has 0 bridgehead atoms. The molecule has 1 amide bonds. The Kier molecular flexibility index (Phi) is 2.83. The second kappa shape index (κ2) is 3.89. The number of hydrogen-bond donors (Lipinski definition) is 2. The average molecular weight is 238 g/mol. The Morgan fingerprint density at radius 2 is 2.12 bits per heavy atom. The zero-order valence-corrected chi connectivity index (χ0v) is 8.56. The molecule has 0 aromatic carbocycles. The minimum atomic E-state index is -4.51. The molecule has 0 aromatic heterocycles. The molecule has 2 N–H and O–H groups in total. The van der Waals surface area contributed by atoms with E-state index in [-0.39, 0.29) is 25.6 Å². The van der Waals surface area contributed by atoms with Crippen molar-refractivity contribution in [2.45, 2.75) is 18.6 Å². The summed E-state index contributed by atoms with van der Waals surface area (Å²) in [5.41, 5.74) is -2.26. The smallest absolute Gasteiger partial charge is 0.377 e. The van der Waals surface area contributed by atoms with Crippen molar-refractivity contribution in [3.8, 4) is 0 Å². The third-order valence-electron chi connectivity index (χ3n) is 3.11. The van der Waals surface area contributed by atoms with Gasteiger partial charge in [-0.25, -0.2) is 0 Å². The van der Waals surface area contributed by atoms with Gasteiger partial charge in [-0.1, -0.05) is 0 Å². The Balaban J connectivity index is 2.09. The third-order valence-corrected chi connectivity index (χ3v) is 3.11. The van der Waals surface area contributed by atoms with E-state index in [0.29, 0.717) is 13.2 Å². The van der Waals surface area contributed by atoms with Crippen LogP contribution in [0.3, 0.4) is 0 Å². The van der Waals surface area contributed by atoms with E-state index in [2.05, 4.69) is 10.6 Å². The standard InChI is InChI=1S/C9H13F3N2O2/c10-9(11,12)8(1-2-13-5-8)7(15)14-6-3-16-4-6/h6,13H,1-5H2,(H,14,15). The van der Waals surface area contributed by atoms with Crippen LogP contribution in [-0.2, 0) is 9.53 Å². The van der Waals surface area contributed by atoms with Gasteiger partial charge in [0, 0.05) is 6.54 Å². The molecule has 0 saturated carbocycles. The molecule has 4 nitrogen and oxygen atoms in total. The van der Waals surface area contributed by atoms with Gasteiger partial charge in [-0.15, -0.1) is 0 Å². The topological polar surface area (TPSA) is 50.4 Å². The largest absolute Gasteiger partial charge is 0.404 e. The van der Waals surface area contributed by atoms with Crippen molar-refractivity contribution >= 4 is 5.91 Å². The highest BCUT2D eigenvalue weighted by Crippen LogP contribution is 2.43. The average Bonchev–Trinajstić information content (AvgIpc) is 2.59. The fourth-order valence-electron chi connectivity index (χ4n) is 1.90. The van der Waals surface area contributed by atoms with E-state index in [0.717, 1.165) is 0 Å². The van der Waals surface area contributed by atoms with Crippen molar-refractivity contribution in [3.05, 3.63) is 0 Å². The molecule has 2 fully saturated rings. The first-order valence-corrected chi connectivity index (χ1v) is 5.12. The van der Waals surface area contributed by atoms with Gasteiger partial charge in [0.05, 0.1) is 19.3 Å². The van der Waals surface area contributed by atoms with E-state index < -0.39 is 17.5 Å². The number of hydrogen-bond acceptors (Lipinski definition) is 3. The van der Waals surface area contributed by atoms with E-state index in [1.807, 2.05) is 0 Å². The zero-order chi connectivity index (χ0) is 11.8. The van der Waals surface area contributed by atoms with Crippen molar-refractivity contribution in [3.63, 3.8) is 0 Å². The summed E-state index contributed by atoms with van der Waals surface area (Å²) in [4.78, 5) is 11.7. The van der Waals surface area contributed by atoms with Gasteiger partial charge in [0.15, 0.2) is 5.41 Å². The van der Waals surface area contributed by atoms with Crippen LogP contribution in [0, 0.1) is 5.41 Å². The molecule has 7 heteroatoms. The van der Waals surface area contributed by atoms with E-state index in [4.69, 9.17) is 4.74 Å².